The van der Waals surface area contributed by atoms with Gasteiger partial charge in [-0.1, -0.05) is 24.6 Å². The number of hydrogen-bond acceptors (Lipinski definition) is 3. The second-order valence-electron chi connectivity index (χ2n) is 8.33. The first-order valence-corrected chi connectivity index (χ1v) is 10.1. The summed E-state index contributed by atoms with van der Waals surface area (Å²) in [6, 6.07) is 7.14. The van der Waals surface area contributed by atoms with Crippen LogP contribution in [0.3, 0.4) is 0 Å². The van der Waals surface area contributed by atoms with Crippen LogP contribution in [0.4, 0.5) is 0 Å². The van der Waals surface area contributed by atoms with Gasteiger partial charge < -0.3 is 10.1 Å². The molecule has 4 nitrogen and oxygen atoms in total. The van der Waals surface area contributed by atoms with Crippen LogP contribution in [0.1, 0.15) is 67.6 Å². The molecule has 0 aliphatic heterocycles. The van der Waals surface area contributed by atoms with Crippen LogP contribution >= 0.6 is 0 Å². The Kier molecular flexibility index (Phi) is 5.01. The predicted molar refractivity (Wildman–Crippen MR) is 99.8 cm³/mol. The molecule has 0 radical (unpaired) electrons. The normalized spacial score (nSPS) is 28.1. The monoisotopic (exact) mass is 355 g/mol. The lowest BCUT2D eigenvalue weighted by Gasteiger charge is -2.26. The first-order chi connectivity index (χ1) is 12.6. The van der Waals surface area contributed by atoms with Crippen LogP contribution in [0.15, 0.2) is 18.2 Å². The number of benzene rings is 1. The Bertz CT molecular complexity index is 695. The zero-order valence-corrected chi connectivity index (χ0v) is 15.6. The molecule has 3 atom stereocenters. The number of amides is 1. The summed E-state index contributed by atoms with van der Waals surface area (Å²) in [6.07, 6.45) is 9.28. The fourth-order valence-corrected chi connectivity index (χ4v) is 4.80. The third kappa shape index (κ3) is 3.51. The van der Waals surface area contributed by atoms with Crippen LogP contribution in [0, 0.1) is 11.8 Å². The van der Waals surface area contributed by atoms with Crippen molar-refractivity contribution in [2.45, 2.75) is 69.7 Å². The van der Waals surface area contributed by atoms with E-state index in [-0.39, 0.29) is 23.7 Å². The Hall–Kier alpha value is -1.84. The number of ether oxygens (including phenoxy) is 1. The highest BCUT2D eigenvalue weighted by atomic mass is 16.5. The molecule has 0 spiro atoms. The molecule has 26 heavy (non-hydrogen) atoms. The maximum absolute atomic E-state index is 12.2. The Morgan fingerprint density at radius 1 is 1.04 bits per heavy atom. The summed E-state index contributed by atoms with van der Waals surface area (Å²) in [6.45, 7) is 0. The van der Waals surface area contributed by atoms with Gasteiger partial charge in [0.15, 0.2) is 0 Å². The van der Waals surface area contributed by atoms with Gasteiger partial charge in [0, 0.05) is 12.0 Å². The number of hydrogen-bond donors (Lipinski definition) is 1. The number of esters is 1. The summed E-state index contributed by atoms with van der Waals surface area (Å²) >= 11 is 0. The SMILES string of the molecule is COC(=O)C1CCc2cc([C@@H]3CCC(NC(=O)C4CCC4)C3)ccc2C1. The number of fused-ring (bicyclic) bond motifs is 1. The molecule has 3 aliphatic carbocycles. The molecular formula is C22H29NO3. The fraction of sp³-hybridized carbons (Fsp3) is 0.636. The van der Waals surface area contributed by atoms with Gasteiger partial charge in [0.2, 0.25) is 5.91 Å². The lowest BCUT2D eigenvalue weighted by atomic mass is 9.82. The molecule has 2 fully saturated rings. The summed E-state index contributed by atoms with van der Waals surface area (Å²) in [5, 5.41) is 3.28. The van der Waals surface area contributed by atoms with E-state index in [9.17, 15) is 9.59 Å². The summed E-state index contributed by atoms with van der Waals surface area (Å²) < 4.78 is 4.91. The van der Waals surface area contributed by atoms with Crippen molar-refractivity contribution in [1.29, 1.82) is 0 Å². The number of methoxy groups -OCH3 is 1. The van der Waals surface area contributed by atoms with E-state index in [4.69, 9.17) is 4.74 Å². The van der Waals surface area contributed by atoms with E-state index in [1.807, 2.05) is 0 Å². The van der Waals surface area contributed by atoms with Crippen LogP contribution in [0.2, 0.25) is 0 Å². The lowest BCUT2D eigenvalue weighted by molar-refractivity contribution is -0.145. The van der Waals surface area contributed by atoms with E-state index in [1.165, 1.54) is 30.2 Å². The first-order valence-electron chi connectivity index (χ1n) is 10.1. The van der Waals surface area contributed by atoms with Gasteiger partial charge >= 0.3 is 5.97 Å². The maximum Gasteiger partial charge on any atom is 0.309 e. The maximum atomic E-state index is 12.2. The molecule has 1 aromatic rings. The van der Waals surface area contributed by atoms with Crippen molar-refractivity contribution in [3.63, 3.8) is 0 Å². The molecule has 0 heterocycles. The molecule has 1 N–H and O–H groups in total. The first kappa shape index (κ1) is 17.6. The third-order valence-corrected chi connectivity index (χ3v) is 6.72. The summed E-state index contributed by atoms with van der Waals surface area (Å²) in [4.78, 5) is 24.0. The average Bonchev–Trinajstić information content (AvgIpc) is 3.07. The second kappa shape index (κ2) is 7.42. The topological polar surface area (TPSA) is 55.4 Å². The van der Waals surface area contributed by atoms with Gasteiger partial charge in [-0.05, 0) is 74.0 Å². The van der Waals surface area contributed by atoms with Crippen molar-refractivity contribution >= 4 is 11.9 Å². The number of carbonyl (C=O) groups excluding carboxylic acids is 2. The minimum atomic E-state index is -0.0828. The molecule has 2 unspecified atom stereocenters. The van der Waals surface area contributed by atoms with Crippen molar-refractivity contribution < 1.29 is 14.3 Å². The zero-order chi connectivity index (χ0) is 18.1. The molecule has 4 heteroatoms. The van der Waals surface area contributed by atoms with E-state index in [0.717, 1.165) is 51.4 Å². The second-order valence-corrected chi connectivity index (χ2v) is 8.33. The smallest absolute Gasteiger partial charge is 0.309 e. The van der Waals surface area contributed by atoms with E-state index in [0.29, 0.717) is 12.0 Å². The van der Waals surface area contributed by atoms with Gasteiger partial charge in [0.05, 0.1) is 13.0 Å². The van der Waals surface area contributed by atoms with Crippen LogP contribution in [-0.2, 0) is 27.2 Å². The number of carbonyl (C=O) groups is 2. The predicted octanol–water partition coefficient (Wildman–Crippen LogP) is 3.52. The molecule has 3 aliphatic rings. The zero-order valence-electron chi connectivity index (χ0n) is 15.6. The quantitative estimate of drug-likeness (QED) is 0.841. The molecular weight excluding hydrogens is 326 g/mol. The van der Waals surface area contributed by atoms with Crippen molar-refractivity contribution in [1.82, 2.24) is 5.32 Å². The molecule has 140 valence electrons. The van der Waals surface area contributed by atoms with Gasteiger partial charge in [-0.2, -0.15) is 0 Å². The van der Waals surface area contributed by atoms with E-state index in [2.05, 4.69) is 23.5 Å². The minimum Gasteiger partial charge on any atom is -0.469 e. The van der Waals surface area contributed by atoms with Gasteiger partial charge in [0.1, 0.15) is 0 Å². The molecule has 0 saturated heterocycles. The molecule has 1 aromatic carbocycles. The van der Waals surface area contributed by atoms with E-state index in [1.54, 1.807) is 0 Å². The van der Waals surface area contributed by atoms with Gasteiger partial charge in [-0.15, -0.1) is 0 Å². The van der Waals surface area contributed by atoms with Gasteiger partial charge in [0.25, 0.3) is 0 Å². The van der Waals surface area contributed by atoms with Crippen molar-refractivity contribution in [3.05, 3.63) is 34.9 Å². The van der Waals surface area contributed by atoms with Crippen LogP contribution < -0.4 is 5.32 Å². The lowest BCUT2D eigenvalue weighted by Crippen LogP contribution is -2.39. The fourth-order valence-electron chi connectivity index (χ4n) is 4.80. The van der Waals surface area contributed by atoms with E-state index >= 15 is 0 Å². The van der Waals surface area contributed by atoms with E-state index < -0.39 is 0 Å². The van der Waals surface area contributed by atoms with Crippen LogP contribution in [-0.4, -0.2) is 25.0 Å². The van der Waals surface area contributed by atoms with Gasteiger partial charge in [-0.25, -0.2) is 0 Å². The highest BCUT2D eigenvalue weighted by molar-refractivity contribution is 5.79. The minimum absolute atomic E-state index is 0.0101. The summed E-state index contributed by atoms with van der Waals surface area (Å²) in [5.41, 5.74) is 4.09. The standard InChI is InChI=1S/C22H29NO3/c1-26-22(25)19-8-7-15-11-16(5-6-17(15)12-19)18-9-10-20(13-18)23-21(24)14-3-2-4-14/h5-6,11,14,18-20H,2-4,7-10,12-13H2,1H3,(H,23,24)/t18-,19?,20?/m1/s1. The van der Waals surface area contributed by atoms with Crippen molar-refractivity contribution in [2.24, 2.45) is 11.8 Å². The highest BCUT2D eigenvalue weighted by Gasteiger charge is 2.32. The molecule has 1 amide bonds. The van der Waals surface area contributed by atoms with Crippen LogP contribution in [0.25, 0.3) is 0 Å². The summed E-state index contributed by atoms with van der Waals surface area (Å²) in [7, 11) is 1.47. The Morgan fingerprint density at radius 3 is 2.62 bits per heavy atom. The number of nitrogens with one attached hydrogen (secondary N) is 1. The van der Waals surface area contributed by atoms with Crippen LogP contribution in [0.5, 0.6) is 0 Å². The highest BCUT2D eigenvalue weighted by Crippen LogP contribution is 2.37. The van der Waals surface area contributed by atoms with Crippen molar-refractivity contribution in [3.8, 4) is 0 Å². The molecule has 0 bridgehead atoms. The largest absolute Gasteiger partial charge is 0.469 e. The van der Waals surface area contributed by atoms with Crippen molar-refractivity contribution in [2.75, 3.05) is 7.11 Å². The third-order valence-electron chi connectivity index (χ3n) is 6.72. The average molecular weight is 355 g/mol. The number of aryl methyl sites for hydroxylation is 1. The molecule has 0 aromatic heterocycles. The Morgan fingerprint density at radius 2 is 1.88 bits per heavy atom. The molecule has 4 rings (SSSR count). The molecule has 2 saturated carbocycles. The number of rotatable bonds is 4. The van der Waals surface area contributed by atoms with Gasteiger partial charge in [-0.3, -0.25) is 9.59 Å². The summed E-state index contributed by atoms with van der Waals surface area (Å²) in [5.74, 6) is 1.03. The Labute approximate surface area is 155 Å². The Balaban J connectivity index is 1.37.